The first-order chi connectivity index (χ1) is 16.7. The van der Waals surface area contributed by atoms with Crippen molar-refractivity contribution in [1.82, 2.24) is 15.3 Å². The molecule has 1 fully saturated rings. The van der Waals surface area contributed by atoms with Crippen LogP contribution in [-0.4, -0.2) is 37.3 Å². The third-order valence-electron chi connectivity index (χ3n) is 4.95. The van der Waals surface area contributed by atoms with Crippen molar-refractivity contribution in [3.8, 4) is 5.88 Å². The first kappa shape index (κ1) is 23.9. The highest BCUT2D eigenvalue weighted by Crippen LogP contribution is 2.32. The summed E-state index contributed by atoms with van der Waals surface area (Å²) < 4.78 is 27.6. The molecular formula is C22H17F2N5O5S. The lowest BCUT2D eigenvalue weighted by Crippen LogP contribution is -2.29. The molecule has 2 amide bonds. The van der Waals surface area contributed by atoms with Crippen molar-refractivity contribution in [1.29, 1.82) is 0 Å². The number of hydrogen-bond donors (Lipinski definition) is 5. The molecule has 1 aromatic heterocycles. The van der Waals surface area contributed by atoms with E-state index in [4.69, 9.17) is 0 Å². The maximum atomic E-state index is 14.6. The number of nitrogens with one attached hydrogen (secondary N) is 4. The maximum Gasteiger partial charge on any atom is 0.328 e. The summed E-state index contributed by atoms with van der Waals surface area (Å²) in [6.07, 6.45) is -0.248. The summed E-state index contributed by atoms with van der Waals surface area (Å²) >= 11 is 0.879. The van der Waals surface area contributed by atoms with Gasteiger partial charge in [0.2, 0.25) is 17.7 Å². The van der Waals surface area contributed by atoms with Gasteiger partial charge in [-0.25, -0.2) is 18.6 Å². The molecular weight excluding hydrogens is 484 g/mol. The van der Waals surface area contributed by atoms with Gasteiger partial charge in [0.15, 0.2) is 5.17 Å². The van der Waals surface area contributed by atoms with Gasteiger partial charge in [-0.15, -0.1) is 0 Å². The van der Waals surface area contributed by atoms with Gasteiger partial charge in [-0.3, -0.25) is 24.4 Å². The average Bonchev–Trinajstić information content (AvgIpc) is 3.13. The molecule has 2 atom stereocenters. The minimum Gasteiger partial charge on any atom is -0.494 e. The number of aromatic hydroxyl groups is 1. The van der Waals surface area contributed by atoms with Gasteiger partial charge in [0.1, 0.15) is 28.5 Å². The molecule has 0 aliphatic carbocycles. The number of thioether (sulfide) groups is 1. The van der Waals surface area contributed by atoms with Crippen LogP contribution in [-0.2, 0) is 9.59 Å². The number of nitrogens with zero attached hydrogens (tertiary/aromatic N) is 1. The number of benzene rings is 2. The van der Waals surface area contributed by atoms with Crippen LogP contribution in [0.1, 0.15) is 23.6 Å². The predicted octanol–water partition coefficient (Wildman–Crippen LogP) is 1.75. The second-order valence-corrected chi connectivity index (χ2v) is 8.58. The number of anilines is 1. The van der Waals surface area contributed by atoms with Gasteiger partial charge in [-0.1, -0.05) is 30.0 Å². The molecule has 3 aromatic rings. The fourth-order valence-electron chi connectivity index (χ4n) is 3.36. The SMILES string of the molecule is O=C(C[C@@H]1SC(=N[C@@H](c2ccccc2F)c2c(O)[nH]c(=O)[nH]c2=O)NC1=O)Nc1ccc(F)cc1. The molecule has 0 radical (unpaired) electrons. The predicted molar refractivity (Wildman–Crippen MR) is 124 cm³/mol. The maximum absolute atomic E-state index is 14.6. The lowest BCUT2D eigenvalue weighted by molar-refractivity contribution is -0.122. The van der Waals surface area contributed by atoms with E-state index in [0.717, 1.165) is 17.8 Å². The molecule has 2 aromatic carbocycles. The van der Waals surface area contributed by atoms with E-state index in [1.807, 2.05) is 9.97 Å². The molecule has 10 nitrogen and oxygen atoms in total. The summed E-state index contributed by atoms with van der Waals surface area (Å²) in [5.41, 5.74) is -2.14. The van der Waals surface area contributed by atoms with Gasteiger partial charge < -0.3 is 15.7 Å². The molecule has 0 unspecified atom stereocenters. The average molecular weight is 501 g/mol. The molecule has 0 spiro atoms. The minimum absolute atomic E-state index is 0.0205. The van der Waals surface area contributed by atoms with E-state index < -0.39 is 57.4 Å². The summed E-state index contributed by atoms with van der Waals surface area (Å²) in [4.78, 5) is 56.9. The molecule has 0 bridgehead atoms. The van der Waals surface area contributed by atoms with Crippen LogP contribution in [0.5, 0.6) is 5.88 Å². The molecule has 4 rings (SSSR count). The summed E-state index contributed by atoms with van der Waals surface area (Å²) in [6, 6.07) is 9.04. The van der Waals surface area contributed by atoms with Crippen molar-refractivity contribution in [2.45, 2.75) is 17.7 Å². The van der Waals surface area contributed by atoms with Crippen LogP contribution in [0.2, 0.25) is 0 Å². The topological polar surface area (TPSA) is 157 Å². The van der Waals surface area contributed by atoms with Crippen molar-refractivity contribution < 1.29 is 23.5 Å². The first-order valence-corrected chi connectivity index (χ1v) is 11.0. The van der Waals surface area contributed by atoms with Crippen LogP contribution in [0, 0.1) is 11.6 Å². The Kier molecular flexibility index (Phi) is 6.78. The minimum atomic E-state index is -1.42. The zero-order valence-corrected chi connectivity index (χ0v) is 18.5. The molecule has 5 N–H and O–H groups in total. The molecule has 180 valence electrons. The number of H-pyrrole nitrogens is 2. The molecule has 35 heavy (non-hydrogen) atoms. The Morgan fingerprint density at radius 2 is 1.80 bits per heavy atom. The Morgan fingerprint density at radius 3 is 2.49 bits per heavy atom. The van der Waals surface area contributed by atoms with E-state index in [1.54, 1.807) is 0 Å². The van der Waals surface area contributed by atoms with Crippen molar-refractivity contribution >= 4 is 34.4 Å². The Bertz CT molecular complexity index is 1440. The van der Waals surface area contributed by atoms with E-state index >= 15 is 0 Å². The fraction of sp³-hybridized carbons (Fsp3) is 0.136. The van der Waals surface area contributed by atoms with Crippen molar-refractivity contribution in [2.75, 3.05) is 5.32 Å². The smallest absolute Gasteiger partial charge is 0.328 e. The Labute approximate surface area is 199 Å². The van der Waals surface area contributed by atoms with Gasteiger partial charge >= 0.3 is 5.69 Å². The largest absolute Gasteiger partial charge is 0.494 e. The Hall–Kier alpha value is -4.26. The number of rotatable bonds is 6. The van der Waals surface area contributed by atoms with Crippen LogP contribution in [0.3, 0.4) is 0 Å². The van der Waals surface area contributed by atoms with Crippen LogP contribution in [0.15, 0.2) is 63.1 Å². The number of aromatic nitrogens is 2. The van der Waals surface area contributed by atoms with E-state index in [9.17, 15) is 33.1 Å². The van der Waals surface area contributed by atoms with Crippen LogP contribution < -0.4 is 21.9 Å². The standard InChI is InChI=1S/C22H17F2N5O5S/c23-10-5-7-11(8-6-10)25-15(30)9-14-18(31)29-22(35-14)26-17(12-3-1-2-4-13(12)24)16-19(32)27-21(34)28-20(16)33/h1-8,14,17H,9H2,(H,25,30)(H,26,29,31)(H3,27,28,32,33,34)/t14-,17-/m0/s1. The van der Waals surface area contributed by atoms with E-state index in [1.165, 1.54) is 42.5 Å². The lowest BCUT2D eigenvalue weighted by atomic mass is 10.0. The van der Waals surface area contributed by atoms with Crippen molar-refractivity contribution in [3.63, 3.8) is 0 Å². The Morgan fingerprint density at radius 1 is 1.09 bits per heavy atom. The molecule has 1 aliphatic rings. The number of halogens is 2. The second-order valence-electron chi connectivity index (χ2n) is 7.38. The summed E-state index contributed by atoms with van der Waals surface area (Å²) in [6.45, 7) is 0. The number of aliphatic imine (C=N–C) groups is 1. The molecule has 2 heterocycles. The zero-order chi connectivity index (χ0) is 25.1. The van der Waals surface area contributed by atoms with Crippen LogP contribution in [0.25, 0.3) is 0 Å². The normalized spacial score (nSPS) is 17.3. The highest BCUT2D eigenvalue weighted by molar-refractivity contribution is 8.15. The summed E-state index contributed by atoms with van der Waals surface area (Å²) in [7, 11) is 0. The molecule has 1 aliphatic heterocycles. The quantitative estimate of drug-likeness (QED) is 0.346. The third kappa shape index (κ3) is 5.46. The first-order valence-electron chi connectivity index (χ1n) is 10.1. The lowest BCUT2D eigenvalue weighted by Gasteiger charge is -2.15. The monoisotopic (exact) mass is 501 g/mol. The van der Waals surface area contributed by atoms with Gasteiger partial charge in [0.05, 0.1) is 0 Å². The van der Waals surface area contributed by atoms with Crippen molar-refractivity contribution in [3.05, 3.63) is 92.1 Å². The summed E-state index contributed by atoms with van der Waals surface area (Å²) in [5.74, 6) is -3.07. The van der Waals surface area contributed by atoms with Gasteiger partial charge in [-0.05, 0) is 30.3 Å². The number of carbonyl (C=O) groups excluding carboxylic acids is 2. The van der Waals surface area contributed by atoms with Crippen molar-refractivity contribution in [2.24, 2.45) is 4.99 Å². The van der Waals surface area contributed by atoms with Crippen LogP contribution in [0.4, 0.5) is 14.5 Å². The third-order valence-corrected chi connectivity index (χ3v) is 6.05. The number of hydrogen-bond acceptors (Lipinski definition) is 7. The van der Waals surface area contributed by atoms with E-state index in [-0.39, 0.29) is 17.2 Å². The molecule has 1 saturated heterocycles. The number of amidine groups is 1. The van der Waals surface area contributed by atoms with Gasteiger partial charge in [0, 0.05) is 17.7 Å². The second kappa shape index (κ2) is 9.93. The number of carbonyl (C=O) groups is 2. The van der Waals surface area contributed by atoms with Gasteiger partial charge in [-0.2, -0.15) is 0 Å². The van der Waals surface area contributed by atoms with E-state index in [0.29, 0.717) is 5.69 Å². The Balaban J connectivity index is 1.60. The zero-order valence-electron chi connectivity index (χ0n) is 17.7. The highest BCUT2D eigenvalue weighted by Gasteiger charge is 2.34. The number of amides is 2. The number of aromatic amines is 2. The molecule has 13 heteroatoms. The highest BCUT2D eigenvalue weighted by atomic mass is 32.2. The fourth-order valence-corrected chi connectivity index (χ4v) is 4.35. The summed E-state index contributed by atoms with van der Waals surface area (Å²) in [5, 5.41) is 14.3. The molecule has 0 saturated carbocycles. The van der Waals surface area contributed by atoms with E-state index in [2.05, 4.69) is 15.6 Å². The van der Waals surface area contributed by atoms with Crippen LogP contribution >= 0.6 is 11.8 Å². The van der Waals surface area contributed by atoms with Gasteiger partial charge in [0.25, 0.3) is 5.56 Å².